The Hall–Kier alpha value is -10.2. The molecule has 74 heavy (non-hydrogen) atoms. The molecule has 14 rings (SSSR count). The molecule has 14 aromatic rings. The van der Waals surface area contributed by atoms with E-state index in [4.69, 9.17) is 34.3 Å². The molecule has 10 aromatic carbocycles. The molecule has 0 N–H and O–H groups in total. The van der Waals surface area contributed by atoms with E-state index in [9.17, 15) is 0 Å². The Morgan fingerprint density at radius 1 is 0.257 bits per heavy atom. The summed E-state index contributed by atoms with van der Waals surface area (Å²) in [6.45, 7) is 0. The Kier molecular flexibility index (Phi) is 10.3. The molecular weight excluding hydrogens is 907 g/mol. The van der Waals surface area contributed by atoms with Crippen LogP contribution in [0.5, 0.6) is 0 Å². The van der Waals surface area contributed by atoms with Crippen molar-refractivity contribution >= 4 is 43.7 Å². The Bertz CT molecular complexity index is 4290. The van der Waals surface area contributed by atoms with Crippen molar-refractivity contribution < 1.29 is 4.42 Å². The largest absolute Gasteiger partial charge is 0.456 e. The quantitative estimate of drug-likeness (QED) is 0.142. The van der Waals surface area contributed by atoms with Gasteiger partial charge in [-0.1, -0.05) is 182 Å². The van der Waals surface area contributed by atoms with E-state index in [-0.39, 0.29) is 0 Å². The average molecular weight is 948 g/mol. The molecule has 0 fully saturated rings. The number of aromatic nitrogens is 7. The van der Waals surface area contributed by atoms with Crippen LogP contribution in [0, 0.1) is 0 Å². The van der Waals surface area contributed by atoms with Crippen LogP contribution in [0.2, 0.25) is 0 Å². The first-order valence-electron chi connectivity index (χ1n) is 24.6. The van der Waals surface area contributed by atoms with E-state index in [0.717, 1.165) is 94.3 Å². The van der Waals surface area contributed by atoms with Gasteiger partial charge in [0.2, 0.25) is 0 Å². The SMILES string of the molecule is c1ccc(-c2nc(-c3ccccc3)nc(-c3ccc(-n4c5ccccc5c5cc(-c6ccc7oc8cccc(-c9cccc(-c%10nc(-c%11ccccc%11)nc(-c%11ccccc%11)n%10)c9)c8c7c6)ccc54)cc3)n2)cc1. The third-order valence-electron chi connectivity index (χ3n) is 13.7. The Morgan fingerprint density at radius 2 is 0.676 bits per heavy atom. The second kappa shape index (κ2) is 17.9. The topological polar surface area (TPSA) is 95.4 Å². The molecule has 4 heterocycles. The summed E-state index contributed by atoms with van der Waals surface area (Å²) in [5, 5.41) is 4.44. The van der Waals surface area contributed by atoms with E-state index < -0.39 is 0 Å². The summed E-state index contributed by atoms with van der Waals surface area (Å²) in [5.74, 6) is 3.75. The minimum absolute atomic E-state index is 0.606. The summed E-state index contributed by atoms with van der Waals surface area (Å²) in [6, 6.07) is 85.5. The third-order valence-corrected chi connectivity index (χ3v) is 13.7. The molecule has 0 radical (unpaired) electrons. The molecule has 0 atom stereocenters. The molecule has 0 spiro atoms. The van der Waals surface area contributed by atoms with E-state index >= 15 is 0 Å². The van der Waals surface area contributed by atoms with E-state index in [2.05, 4.69) is 126 Å². The zero-order valence-electron chi connectivity index (χ0n) is 39.7. The fraction of sp³-hybridized carbons (Fsp3) is 0. The van der Waals surface area contributed by atoms with Gasteiger partial charge in [-0.15, -0.1) is 0 Å². The molecule has 0 aliphatic rings. The lowest BCUT2D eigenvalue weighted by molar-refractivity contribution is 0.669. The van der Waals surface area contributed by atoms with Crippen LogP contribution < -0.4 is 0 Å². The number of hydrogen-bond acceptors (Lipinski definition) is 7. The number of fused-ring (bicyclic) bond motifs is 6. The van der Waals surface area contributed by atoms with Crippen molar-refractivity contribution in [2.45, 2.75) is 0 Å². The van der Waals surface area contributed by atoms with Gasteiger partial charge in [-0.2, -0.15) is 0 Å². The predicted molar refractivity (Wildman–Crippen MR) is 298 cm³/mol. The molecule has 0 amide bonds. The highest BCUT2D eigenvalue weighted by atomic mass is 16.3. The van der Waals surface area contributed by atoms with E-state index in [1.54, 1.807) is 0 Å². The molecule has 8 heteroatoms. The highest BCUT2D eigenvalue weighted by Crippen LogP contribution is 2.41. The lowest BCUT2D eigenvalue weighted by Gasteiger charge is -2.11. The number of benzene rings is 10. The first-order chi connectivity index (χ1) is 36.6. The van der Waals surface area contributed by atoms with Crippen LogP contribution in [0.15, 0.2) is 253 Å². The lowest BCUT2D eigenvalue weighted by Crippen LogP contribution is -2.00. The van der Waals surface area contributed by atoms with Crippen molar-refractivity contribution in [1.82, 2.24) is 34.5 Å². The van der Waals surface area contributed by atoms with Gasteiger partial charge < -0.3 is 8.98 Å². The van der Waals surface area contributed by atoms with Gasteiger partial charge in [-0.05, 0) is 89.0 Å². The van der Waals surface area contributed by atoms with Crippen LogP contribution in [0.3, 0.4) is 0 Å². The summed E-state index contributed by atoms with van der Waals surface area (Å²) in [5.41, 5.74) is 14.8. The Balaban J connectivity index is 0.832. The van der Waals surface area contributed by atoms with Crippen LogP contribution in [-0.2, 0) is 0 Å². The molecule has 0 saturated carbocycles. The van der Waals surface area contributed by atoms with Crippen LogP contribution in [-0.4, -0.2) is 34.5 Å². The molecule has 0 aliphatic carbocycles. The zero-order valence-corrected chi connectivity index (χ0v) is 39.7. The van der Waals surface area contributed by atoms with E-state index in [1.165, 1.54) is 10.8 Å². The number of rotatable bonds is 9. The third kappa shape index (κ3) is 7.66. The summed E-state index contributed by atoms with van der Waals surface area (Å²) in [6.07, 6.45) is 0. The number of furan rings is 1. The molecule has 346 valence electrons. The number of hydrogen-bond donors (Lipinski definition) is 0. The van der Waals surface area contributed by atoms with Crippen molar-refractivity contribution in [1.29, 1.82) is 0 Å². The first kappa shape index (κ1) is 42.7. The summed E-state index contributed by atoms with van der Waals surface area (Å²) < 4.78 is 8.91. The maximum absolute atomic E-state index is 6.57. The molecule has 4 aromatic heterocycles. The molecule has 0 aliphatic heterocycles. The molecule has 0 saturated heterocycles. The summed E-state index contributed by atoms with van der Waals surface area (Å²) in [7, 11) is 0. The number of para-hydroxylation sites is 1. The maximum Gasteiger partial charge on any atom is 0.164 e. The van der Waals surface area contributed by atoms with Gasteiger partial charge >= 0.3 is 0 Å². The van der Waals surface area contributed by atoms with Crippen molar-refractivity contribution in [3.8, 4) is 96.3 Å². The van der Waals surface area contributed by atoms with Gasteiger partial charge in [0, 0.05) is 60.6 Å². The fourth-order valence-corrected chi connectivity index (χ4v) is 10.1. The van der Waals surface area contributed by atoms with Crippen molar-refractivity contribution in [2.75, 3.05) is 0 Å². The number of nitrogens with zero attached hydrogens (tertiary/aromatic N) is 7. The normalized spacial score (nSPS) is 11.5. The molecule has 0 unspecified atom stereocenters. The van der Waals surface area contributed by atoms with Crippen LogP contribution in [0.4, 0.5) is 0 Å². The second-order valence-corrected chi connectivity index (χ2v) is 18.3. The van der Waals surface area contributed by atoms with Gasteiger partial charge in [0.15, 0.2) is 34.9 Å². The smallest absolute Gasteiger partial charge is 0.164 e. The highest BCUT2D eigenvalue weighted by Gasteiger charge is 2.19. The lowest BCUT2D eigenvalue weighted by atomic mass is 9.96. The van der Waals surface area contributed by atoms with Crippen LogP contribution in [0.1, 0.15) is 0 Å². The van der Waals surface area contributed by atoms with Crippen molar-refractivity contribution in [2.24, 2.45) is 0 Å². The van der Waals surface area contributed by atoms with Gasteiger partial charge in [0.05, 0.1) is 11.0 Å². The fourth-order valence-electron chi connectivity index (χ4n) is 10.1. The van der Waals surface area contributed by atoms with Crippen molar-refractivity contribution in [3.63, 3.8) is 0 Å². The van der Waals surface area contributed by atoms with Gasteiger partial charge in [-0.3, -0.25) is 0 Å². The van der Waals surface area contributed by atoms with Crippen LogP contribution >= 0.6 is 0 Å². The van der Waals surface area contributed by atoms with Gasteiger partial charge in [0.1, 0.15) is 11.2 Å². The minimum Gasteiger partial charge on any atom is -0.456 e. The van der Waals surface area contributed by atoms with Gasteiger partial charge in [0.25, 0.3) is 0 Å². The standard InChI is InChI=1S/C66H41N7O/c1-5-17-42(18-6-1)61-67-62(43-19-7-2-8-20-43)70-65(69-61)46-31-35-51(36-32-46)73-56-29-14-13-27-53(56)54-40-47(33-37-57(54)73)48-34-38-58-55(41-48)60-52(28-16-30-59(60)74-58)49-25-15-26-50(39-49)66-71-63(44-21-9-3-10-22-44)68-64(72-66)45-23-11-4-12-24-45/h1-41H. The van der Waals surface area contributed by atoms with Gasteiger partial charge in [-0.25, -0.2) is 29.9 Å². The average Bonchev–Trinajstić information content (AvgIpc) is 4.03. The molecule has 8 nitrogen and oxygen atoms in total. The Morgan fingerprint density at radius 3 is 1.24 bits per heavy atom. The zero-order chi connectivity index (χ0) is 49.0. The molecule has 0 bridgehead atoms. The predicted octanol–water partition coefficient (Wildman–Crippen LogP) is 16.4. The molecular formula is C66H41N7O. The second-order valence-electron chi connectivity index (χ2n) is 18.3. The summed E-state index contributed by atoms with van der Waals surface area (Å²) in [4.78, 5) is 29.8. The first-order valence-corrected chi connectivity index (χ1v) is 24.6. The van der Waals surface area contributed by atoms with E-state index in [1.807, 2.05) is 127 Å². The van der Waals surface area contributed by atoms with Crippen molar-refractivity contribution in [3.05, 3.63) is 249 Å². The highest BCUT2D eigenvalue weighted by molar-refractivity contribution is 6.14. The van der Waals surface area contributed by atoms with Crippen LogP contribution in [0.25, 0.3) is 140 Å². The Labute approximate surface area is 425 Å². The minimum atomic E-state index is 0.606. The summed E-state index contributed by atoms with van der Waals surface area (Å²) >= 11 is 0. The monoisotopic (exact) mass is 947 g/mol. The maximum atomic E-state index is 6.57. The van der Waals surface area contributed by atoms with E-state index in [0.29, 0.717) is 34.9 Å².